The predicted molar refractivity (Wildman–Crippen MR) is 164 cm³/mol. The number of aryl methyl sites for hydroxylation is 2. The molecule has 2 aromatic heterocycles. The van der Waals surface area contributed by atoms with Crippen molar-refractivity contribution in [2.24, 2.45) is 0 Å². The van der Waals surface area contributed by atoms with Crippen LogP contribution < -0.4 is 5.43 Å². The SMILES string of the molecule is COCC(CN(C)Cc1coc2cc(C)c(C)cc2c1=O)N(C)Cc1cn(-c2cccc(C(F)(F)F)c2)c2ccccc12. The standard InChI is InChI=1S/C34H36F3N3O3/c1-22-13-30-32(14-23(22)2)43-20-25(33(30)41)16-38(3)19-28(21-42-5)39(4)17-24-18-40(31-12-7-6-11-29(24)31)27-10-8-9-26(15-27)34(35,36)37/h6-15,18,20,28H,16-17,19,21H2,1-5H3. The lowest BCUT2D eigenvalue weighted by atomic mass is 10.1. The predicted octanol–water partition coefficient (Wildman–Crippen LogP) is 6.95. The van der Waals surface area contributed by atoms with E-state index >= 15 is 0 Å². The zero-order chi connectivity index (χ0) is 30.9. The fourth-order valence-corrected chi connectivity index (χ4v) is 5.58. The molecule has 0 radical (unpaired) electrons. The maximum Gasteiger partial charge on any atom is 0.416 e. The molecule has 0 N–H and O–H groups in total. The summed E-state index contributed by atoms with van der Waals surface area (Å²) in [7, 11) is 5.62. The first-order chi connectivity index (χ1) is 20.5. The summed E-state index contributed by atoms with van der Waals surface area (Å²) < 4.78 is 53.5. The number of ether oxygens (including phenoxy) is 1. The van der Waals surface area contributed by atoms with E-state index in [2.05, 4.69) is 9.80 Å². The van der Waals surface area contributed by atoms with Crippen LogP contribution in [0.15, 0.2) is 82.3 Å². The molecule has 226 valence electrons. The number of para-hydroxylation sites is 1. The van der Waals surface area contributed by atoms with Crippen molar-refractivity contribution in [1.82, 2.24) is 14.4 Å². The summed E-state index contributed by atoms with van der Waals surface area (Å²) in [6.07, 6.45) is -0.963. The third kappa shape index (κ3) is 6.54. The molecule has 2 heterocycles. The molecule has 1 unspecified atom stereocenters. The first-order valence-electron chi connectivity index (χ1n) is 14.1. The molecule has 5 aromatic rings. The van der Waals surface area contributed by atoms with Gasteiger partial charge in [0.25, 0.3) is 0 Å². The molecule has 0 aliphatic heterocycles. The Kier molecular flexibility index (Phi) is 8.78. The zero-order valence-electron chi connectivity index (χ0n) is 25.0. The smallest absolute Gasteiger partial charge is 0.416 e. The van der Waals surface area contributed by atoms with Crippen LogP contribution in [0.2, 0.25) is 0 Å². The Balaban J connectivity index is 1.37. The molecule has 9 heteroatoms. The number of nitrogens with zero attached hydrogens (tertiary/aromatic N) is 3. The molecule has 0 saturated heterocycles. The van der Waals surface area contributed by atoms with Crippen molar-refractivity contribution in [3.05, 3.63) is 111 Å². The summed E-state index contributed by atoms with van der Waals surface area (Å²) in [5, 5.41) is 1.55. The Morgan fingerprint density at radius 3 is 2.42 bits per heavy atom. The van der Waals surface area contributed by atoms with Gasteiger partial charge in [-0.3, -0.25) is 9.69 Å². The van der Waals surface area contributed by atoms with E-state index < -0.39 is 11.7 Å². The molecule has 3 aromatic carbocycles. The van der Waals surface area contributed by atoms with Crippen LogP contribution in [-0.2, 0) is 24.0 Å². The first kappa shape index (κ1) is 30.5. The number of methoxy groups -OCH3 is 1. The van der Waals surface area contributed by atoms with Gasteiger partial charge in [0.1, 0.15) is 5.58 Å². The number of hydrogen-bond acceptors (Lipinski definition) is 5. The molecule has 0 aliphatic carbocycles. The topological polar surface area (TPSA) is 50.9 Å². The Hall–Kier alpha value is -3.92. The van der Waals surface area contributed by atoms with Gasteiger partial charge in [0.2, 0.25) is 0 Å². The quantitative estimate of drug-likeness (QED) is 0.176. The highest BCUT2D eigenvalue weighted by atomic mass is 19.4. The van der Waals surface area contributed by atoms with E-state index in [1.54, 1.807) is 19.4 Å². The molecule has 0 spiro atoms. The second-order valence-corrected chi connectivity index (χ2v) is 11.3. The number of benzene rings is 3. The number of aromatic nitrogens is 1. The van der Waals surface area contributed by atoms with Crippen molar-refractivity contribution in [3.8, 4) is 5.69 Å². The largest absolute Gasteiger partial charge is 0.464 e. The van der Waals surface area contributed by atoms with E-state index in [1.807, 2.05) is 75.1 Å². The van der Waals surface area contributed by atoms with Gasteiger partial charge in [-0.15, -0.1) is 0 Å². The van der Waals surface area contributed by atoms with Gasteiger partial charge in [-0.2, -0.15) is 13.2 Å². The first-order valence-corrected chi connectivity index (χ1v) is 14.1. The molecule has 5 rings (SSSR count). The van der Waals surface area contributed by atoms with Gasteiger partial charge in [0.15, 0.2) is 5.43 Å². The average Bonchev–Trinajstić information content (AvgIpc) is 3.33. The van der Waals surface area contributed by atoms with Crippen LogP contribution in [0.4, 0.5) is 13.2 Å². The maximum absolute atomic E-state index is 13.4. The number of rotatable bonds is 10. The lowest BCUT2D eigenvalue weighted by Crippen LogP contribution is -2.43. The van der Waals surface area contributed by atoms with E-state index in [1.165, 1.54) is 12.1 Å². The highest BCUT2D eigenvalue weighted by molar-refractivity contribution is 5.85. The average molecular weight is 592 g/mol. The van der Waals surface area contributed by atoms with E-state index in [9.17, 15) is 18.0 Å². The van der Waals surface area contributed by atoms with Crippen LogP contribution >= 0.6 is 0 Å². The number of halogens is 3. The van der Waals surface area contributed by atoms with E-state index in [4.69, 9.17) is 9.15 Å². The summed E-state index contributed by atoms with van der Waals surface area (Å²) in [4.78, 5) is 17.5. The van der Waals surface area contributed by atoms with Crippen LogP contribution in [0.1, 0.15) is 27.8 Å². The molecular formula is C34H36F3N3O3. The van der Waals surface area contributed by atoms with Crippen LogP contribution in [0.25, 0.3) is 27.6 Å². The molecule has 0 saturated carbocycles. The maximum atomic E-state index is 13.4. The molecule has 6 nitrogen and oxygen atoms in total. The van der Waals surface area contributed by atoms with Crippen molar-refractivity contribution >= 4 is 21.9 Å². The van der Waals surface area contributed by atoms with Crippen LogP contribution in [0.3, 0.4) is 0 Å². The van der Waals surface area contributed by atoms with Gasteiger partial charge in [0, 0.05) is 55.6 Å². The number of alkyl halides is 3. The molecule has 0 amide bonds. The highest BCUT2D eigenvalue weighted by Gasteiger charge is 2.30. The van der Waals surface area contributed by atoms with E-state index in [-0.39, 0.29) is 11.5 Å². The lowest BCUT2D eigenvalue weighted by molar-refractivity contribution is -0.137. The minimum atomic E-state index is -4.42. The molecule has 1 atom stereocenters. The van der Waals surface area contributed by atoms with Crippen molar-refractivity contribution in [1.29, 1.82) is 0 Å². The highest BCUT2D eigenvalue weighted by Crippen LogP contribution is 2.32. The fraction of sp³-hybridized carbons (Fsp3) is 0.324. The van der Waals surface area contributed by atoms with Gasteiger partial charge in [0.05, 0.1) is 29.3 Å². The van der Waals surface area contributed by atoms with Crippen molar-refractivity contribution in [2.45, 2.75) is 39.2 Å². The van der Waals surface area contributed by atoms with Gasteiger partial charge in [-0.05, 0) is 81.0 Å². The molecule has 43 heavy (non-hydrogen) atoms. The number of likely N-dealkylation sites (N-methyl/N-ethyl adjacent to an activating group) is 2. The fourth-order valence-electron chi connectivity index (χ4n) is 5.58. The van der Waals surface area contributed by atoms with Crippen molar-refractivity contribution in [2.75, 3.05) is 34.4 Å². The monoisotopic (exact) mass is 591 g/mol. The van der Waals surface area contributed by atoms with Crippen LogP contribution in [0.5, 0.6) is 0 Å². The lowest BCUT2D eigenvalue weighted by Gasteiger charge is -2.31. The molecule has 0 bridgehead atoms. The van der Waals surface area contributed by atoms with Crippen LogP contribution in [0, 0.1) is 13.8 Å². The number of fused-ring (bicyclic) bond motifs is 2. The number of hydrogen-bond donors (Lipinski definition) is 0. The molecular weight excluding hydrogens is 555 g/mol. The van der Waals surface area contributed by atoms with E-state index in [0.717, 1.165) is 33.7 Å². The summed E-state index contributed by atoms with van der Waals surface area (Å²) >= 11 is 0. The summed E-state index contributed by atoms with van der Waals surface area (Å²) in [5.74, 6) is 0. The van der Waals surface area contributed by atoms with Gasteiger partial charge in [-0.25, -0.2) is 0 Å². The third-order valence-electron chi connectivity index (χ3n) is 8.07. The van der Waals surface area contributed by atoms with Gasteiger partial charge < -0.3 is 18.6 Å². The van der Waals surface area contributed by atoms with Crippen molar-refractivity contribution < 1.29 is 22.3 Å². The summed E-state index contributed by atoms with van der Waals surface area (Å²) in [5.41, 5.74) is 4.84. The van der Waals surface area contributed by atoms with Crippen LogP contribution in [-0.4, -0.2) is 54.8 Å². The van der Waals surface area contributed by atoms with E-state index in [0.29, 0.717) is 48.5 Å². The minimum absolute atomic E-state index is 0.0249. The Morgan fingerprint density at radius 2 is 1.67 bits per heavy atom. The Bertz CT molecular complexity index is 1810. The third-order valence-corrected chi connectivity index (χ3v) is 8.07. The van der Waals surface area contributed by atoms with Crippen molar-refractivity contribution in [3.63, 3.8) is 0 Å². The summed E-state index contributed by atoms with van der Waals surface area (Å²) in [6.45, 7) is 6.00. The van der Waals surface area contributed by atoms with Gasteiger partial charge >= 0.3 is 6.18 Å². The van der Waals surface area contributed by atoms with Gasteiger partial charge in [-0.1, -0.05) is 24.3 Å². The normalized spacial score (nSPS) is 13.1. The molecule has 0 fully saturated rings. The second-order valence-electron chi connectivity index (χ2n) is 11.3. The Morgan fingerprint density at radius 1 is 0.930 bits per heavy atom. The molecule has 0 aliphatic rings. The second kappa shape index (κ2) is 12.4. The zero-order valence-corrected chi connectivity index (χ0v) is 25.0. The summed E-state index contributed by atoms with van der Waals surface area (Å²) in [6, 6.07) is 16.8. The Labute approximate surface area is 248 Å². The minimum Gasteiger partial charge on any atom is -0.464 e.